The molecule has 0 amide bonds. The van der Waals surface area contributed by atoms with Gasteiger partial charge in [-0.25, -0.2) is 4.68 Å². The number of benzene rings is 1. The van der Waals surface area contributed by atoms with Crippen LogP contribution in [0.25, 0.3) is 11.1 Å². The molecule has 1 aromatic heterocycles. The van der Waals surface area contributed by atoms with Gasteiger partial charge in [0, 0.05) is 29.7 Å². The monoisotopic (exact) mass is 437 g/mol. The van der Waals surface area contributed by atoms with E-state index in [2.05, 4.69) is 37.4 Å². The van der Waals surface area contributed by atoms with Gasteiger partial charge < -0.3 is 15.2 Å². The SMILES string of the molecule is CC1(C)CC(n2nc(NCCO)c3c(c2=O)C2(CCCCC2)Cc2ccccc2-3)CCO1. The predicted octanol–water partition coefficient (Wildman–Crippen LogP) is 4.20. The van der Waals surface area contributed by atoms with Crippen molar-refractivity contribution >= 4 is 5.82 Å². The van der Waals surface area contributed by atoms with Crippen LogP contribution in [-0.2, 0) is 16.6 Å². The lowest BCUT2D eigenvalue weighted by Gasteiger charge is -2.43. The summed E-state index contributed by atoms with van der Waals surface area (Å²) in [5.74, 6) is 0.732. The summed E-state index contributed by atoms with van der Waals surface area (Å²) >= 11 is 0. The van der Waals surface area contributed by atoms with Crippen LogP contribution in [0, 0.1) is 0 Å². The largest absolute Gasteiger partial charge is 0.395 e. The van der Waals surface area contributed by atoms with Gasteiger partial charge in [-0.3, -0.25) is 4.79 Å². The second-order valence-corrected chi connectivity index (χ2v) is 10.4. The van der Waals surface area contributed by atoms with E-state index in [0.717, 1.165) is 67.5 Å². The topological polar surface area (TPSA) is 76.4 Å². The summed E-state index contributed by atoms with van der Waals surface area (Å²) in [5, 5.41) is 17.8. The molecule has 1 aromatic carbocycles. The summed E-state index contributed by atoms with van der Waals surface area (Å²) in [7, 11) is 0. The van der Waals surface area contributed by atoms with Crippen molar-refractivity contribution < 1.29 is 9.84 Å². The zero-order valence-corrected chi connectivity index (χ0v) is 19.3. The van der Waals surface area contributed by atoms with E-state index in [1.54, 1.807) is 4.68 Å². The molecule has 1 unspecified atom stereocenters. The minimum Gasteiger partial charge on any atom is -0.395 e. The molecule has 2 fully saturated rings. The van der Waals surface area contributed by atoms with Gasteiger partial charge >= 0.3 is 0 Å². The van der Waals surface area contributed by atoms with Crippen LogP contribution in [0.1, 0.15) is 76.0 Å². The van der Waals surface area contributed by atoms with Crippen LogP contribution >= 0.6 is 0 Å². The lowest BCUT2D eigenvalue weighted by Crippen LogP contribution is -2.46. The van der Waals surface area contributed by atoms with E-state index < -0.39 is 0 Å². The van der Waals surface area contributed by atoms with Gasteiger partial charge in [0.05, 0.1) is 18.2 Å². The minimum absolute atomic E-state index is 0.0176. The number of nitrogens with one attached hydrogen (secondary N) is 1. The van der Waals surface area contributed by atoms with Crippen LogP contribution in [0.3, 0.4) is 0 Å². The number of nitrogens with zero attached hydrogens (tertiary/aromatic N) is 2. The van der Waals surface area contributed by atoms with Crippen LogP contribution in [0.15, 0.2) is 29.1 Å². The van der Waals surface area contributed by atoms with E-state index in [9.17, 15) is 9.90 Å². The van der Waals surface area contributed by atoms with E-state index >= 15 is 0 Å². The first-order valence-electron chi connectivity index (χ1n) is 12.2. The number of hydrogen-bond acceptors (Lipinski definition) is 5. The lowest BCUT2D eigenvalue weighted by atomic mass is 9.61. The summed E-state index contributed by atoms with van der Waals surface area (Å²) in [6.07, 6.45) is 8.13. The zero-order valence-electron chi connectivity index (χ0n) is 19.3. The fraction of sp³-hybridized carbons (Fsp3) is 0.615. The normalized spacial score (nSPS) is 23.4. The van der Waals surface area contributed by atoms with Crippen molar-refractivity contribution in [3.05, 3.63) is 45.7 Å². The number of aliphatic hydroxyl groups excluding tert-OH is 1. The Morgan fingerprint density at radius 3 is 2.75 bits per heavy atom. The second kappa shape index (κ2) is 8.31. The number of fused-ring (bicyclic) bond motifs is 4. The van der Waals surface area contributed by atoms with E-state index in [1.165, 1.54) is 12.0 Å². The molecule has 0 radical (unpaired) electrons. The Hall–Kier alpha value is -2.18. The number of aromatic nitrogens is 2. The molecule has 5 rings (SSSR count). The van der Waals surface area contributed by atoms with Gasteiger partial charge in [-0.05, 0) is 57.1 Å². The predicted molar refractivity (Wildman–Crippen MR) is 126 cm³/mol. The Kier molecular flexibility index (Phi) is 5.62. The molecule has 0 bridgehead atoms. The Morgan fingerprint density at radius 2 is 2.00 bits per heavy atom. The average Bonchev–Trinajstić information content (AvgIpc) is 2.78. The molecule has 2 aromatic rings. The Labute approximate surface area is 190 Å². The summed E-state index contributed by atoms with van der Waals surface area (Å²) in [6, 6.07) is 8.49. The molecule has 1 saturated heterocycles. The highest BCUT2D eigenvalue weighted by atomic mass is 16.5. The smallest absolute Gasteiger partial charge is 0.271 e. The first kappa shape index (κ1) is 21.7. The van der Waals surface area contributed by atoms with Gasteiger partial charge in [-0.2, -0.15) is 5.10 Å². The highest BCUT2D eigenvalue weighted by Gasteiger charge is 2.44. The molecule has 1 saturated carbocycles. The molecule has 32 heavy (non-hydrogen) atoms. The highest BCUT2D eigenvalue weighted by Crippen LogP contribution is 2.51. The third kappa shape index (κ3) is 3.67. The van der Waals surface area contributed by atoms with Crippen LogP contribution in [0.5, 0.6) is 0 Å². The highest BCUT2D eigenvalue weighted by molar-refractivity contribution is 5.83. The van der Waals surface area contributed by atoms with Crippen molar-refractivity contribution in [3.63, 3.8) is 0 Å². The van der Waals surface area contributed by atoms with Crippen LogP contribution in [0.2, 0.25) is 0 Å². The number of rotatable bonds is 4. The van der Waals surface area contributed by atoms with E-state index in [4.69, 9.17) is 9.84 Å². The Balaban J connectivity index is 1.75. The molecular weight excluding hydrogens is 402 g/mol. The summed E-state index contributed by atoms with van der Waals surface area (Å²) in [5.41, 5.74) is 4.02. The standard InChI is InChI=1S/C26H35N3O3/c1-25(2)17-19(10-15-32-25)29-24(31)22-21(23(28-29)27-13-14-30)20-9-5-4-8-18(20)16-26(22)11-6-3-7-12-26/h4-5,8-9,19,30H,3,6-7,10-17H2,1-2H3,(H,27,28). The van der Waals surface area contributed by atoms with Gasteiger partial charge in [0.1, 0.15) is 0 Å². The number of anilines is 1. The maximum Gasteiger partial charge on any atom is 0.271 e. The van der Waals surface area contributed by atoms with Crippen molar-refractivity contribution in [1.29, 1.82) is 0 Å². The number of hydrogen-bond donors (Lipinski definition) is 2. The molecular formula is C26H35N3O3. The van der Waals surface area contributed by atoms with E-state index in [0.29, 0.717) is 13.2 Å². The van der Waals surface area contributed by atoms with Crippen molar-refractivity contribution in [2.45, 2.75) is 82.3 Å². The van der Waals surface area contributed by atoms with E-state index in [1.807, 2.05) is 6.07 Å². The quantitative estimate of drug-likeness (QED) is 0.750. The fourth-order valence-electron chi connectivity index (χ4n) is 6.28. The maximum absolute atomic E-state index is 14.2. The Bertz CT molecular complexity index is 1050. The molecule has 3 aliphatic rings. The van der Waals surface area contributed by atoms with Gasteiger partial charge in [-0.1, -0.05) is 43.5 Å². The summed E-state index contributed by atoms with van der Waals surface area (Å²) in [4.78, 5) is 14.2. The van der Waals surface area contributed by atoms with Gasteiger partial charge in [0.15, 0.2) is 5.82 Å². The average molecular weight is 438 g/mol. The number of ether oxygens (including phenoxy) is 1. The first-order chi connectivity index (χ1) is 15.4. The van der Waals surface area contributed by atoms with Gasteiger partial charge in [0.25, 0.3) is 5.56 Å². The molecule has 6 nitrogen and oxygen atoms in total. The molecule has 1 aliphatic heterocycles. The van der Waals surface area contributed by atoms with Crippen molar-refractivity contribution in [2.24, 2.45) is 0 Å². The maximum atomic E-state index is 14.2. The Morgan fingerprint density at radius 1 is 1.22 bits per heavy atom. The molecule has 2 heterocycles. The molecule has 2 N–H and O–H groups in total. The minimum atomic E-state index is -0.270. The lowest BCUT2D eigenvalue weighted by molar-refractivity contribution is -0.0715. The van der Waals surface area contributed by atoms with Crippen molar-refractivity contribution in [1.82, 2.24) is 9.78 Å². The van der Waals surface area contributed by atoms with Crippen LogP contribution in [0.4, 0.5) is 5.82 Å². The summed E-state index contributed by atoms with van der Waals surface area (Å²) < 4.78 is 7.69. The third-order valence-electron chi connectivity index (χ3n) is 7.69. The first-order valence-corrected chi connectivity index (χ1v) is 12.2. The molecule has 2 aliphatic carbocycles. The van der Waals surface area contributed by atoms with Gasteiger partial charge in [0.2, 0.25) is 0 Å². The molecule has 1 atom stereocenters. The summed E-state index contributed by atoms with van der Waals surface area (Å²) in [6.45, 7) is 5.24. The second-order valence-electron chi connectivity index (χ2n) is 10.4. The van der Waals surface area contributed by atoms with Crippen LogP contribution < -0.4 is 10.9 Å². The van der Waals surface area contributed by atoms with E-state index in [-0.39, 0.29) is 29.2 Å². The molecule has 172 valence electrons. The number of aliphatic hydroxyl groups is 1. The van der Waals surface area contributed by atoms with Crippen molar-refractivity contribution in [3.8, 4) is 11.1 Å². The van der Waals surface area contributed by atoms with Crippen molar-refractivity contribution in [2.75, 3.05) is 25.1 Å². The molecule has 1 spiro atoms. The fourth-order valence-corrected chi connectivity index (χ4v) is 6.28. The zero-order chi connectivity index (χ0) is 22.3. The third-order valence-corrected chi connectivity index (χ3v) is 7.69. The van der Waals surface area contributed by atoms with Gasteiger partial charge in [-0.15, -0.1) is 0 Å². The van der Waals surface area contributed by atoms with Crippen LogP contribution in [-0.4, -0.2) is 40.2 Å². The molecule has 6 heteroatoms.